The Balaban J connectivity index is 1.95. The fourth-order valence-electron chi connectivity index (χ4n) is 2.88. The van der Waals surface area contributed by atoms with Crippen molar-refractivity contribution in [2.75, 3.05) is 0 Å². The third kappa shape index (κ3) is 3.84. The van der Waals surface area contributed by atoms with E-state index in [0.29, 0.717) is 11.0 Å². The second-order valence-corrected chi connectivity index (χ2v) is 7.42. The van der Waals surface area contributed by atoms with Crippen LogP contribution in [-0.2, 0) is 0 Å². The Labute approximate surface area is 166 Å². The van der Waals surface area contributed by atoms with Gasteiger partial charge in [-0.15, -0.1) is 11.3 Å². The lowest BCUT2D eigenvalue weighted by atomic mass is 10.1. The second kappa shape index (κ2) is 7.47. The number of halogens is 1. The van der Waals surface area contributed by atoms with Crippen LogP contribution in [0.4, 0.5) is 5.95 Å². The molecule has 0 N–H and O–H groups in total. The van der Waals surface area contributed by atoms with Crippen molar-refractivity contribution >= 4 is 28.9 Å². The van der Waals surface area contributed by atoms with Crippen LogP contribution in [-0.4, -0.2) is 14.5 Å². The van der Waals surface area contributed by atoms with Crippen LogP contribution in [0.1, 0.15) is 11.4 Å². The molecular formula is C21H17ClN4S. The Morgan fingerprint density at radius 3 is 2.26 bits per heavy atom. The molecule has 4 aromatic rings. The summed E-state index contributed by atoms with van der Waals surface area (Å²) in [4.78, 5) is 14.5. The summed E-state index contributed by atoms with van der Waals surface area (Å²) in [5.41, 5.74) is 4.96. The van der Waals surface area contributed by atoms with Crippen molar-refractivity contribution in [2.24, 2.45) is 4.99 Å². The lowest BCUT2D eigenvalue weighted by Crippen LogP contribution is -2.14. The normalized spacial score (nSPS) is 11.7. The molecule has 0 atom stereocenters. The van der Waals surface area contributed by atoms with E-state index in [2.05, 4.69) is 32.0 Å². The molecule has 4 rings (SSSR count). The number of rotatable bonds is 3. The topological polar surface area (TPSA) is 43.1 Å². The molecule has 0 amide bonds. The third-order valence-corrected chi connectivity index (χ3v) is 5.11. The number of hydrogen-bond donors (Lipinski definition) is 0. The molecule has 0 unspecified atom stereocenters. The summed E-state index contributed by atoms with van der Waals surface area (Å²) in [5.74, 6) is 0.474. The van der Waals surface area contributed by atoms with Gasteiger partial charge in [0.05, 0.1) is 5.69 Å². The molecule has 0 saturated heterocycles. The zero-order chi connectivity index (χ0) is 18.8. The van der Waals surface area contributed by atoms with Gasteiger partial charge < -0.3 is 0 Å². The molecule has 0 saturated carbocycles. The number of aromatic nitrogens is 3. The molecule has 0 aliphatic rings. The van der Waals surface area contributed by atoms with Gasteiger partial charge in [0.1, 0.15) is 0 Å². The maximum absolute atomic E-state index is 6.06. The van der Waals surface area contributed by atoms with Crippen LogP contribution >= 0.6 is 22.9 Å². The van der Waals surface area contributed by atoms with Crippen LogP contribution in [0.5, 0.6) is 0 Å². The Bertz CT molecular complexity index is 1120. The molecule has 0 aliphatic heterocycles. The van der Waals surface area contributed by atoms with Gasteiger partial charge in [-0.2, -0.15) is 4.99 Å². The van der Waals surface area contributed by atoms with E-state index < -0.39 is 0 Å². The molecule has 2 aromatic heterocycles. The van der Waals surface area contributed by atoms with Crippen molar-refractivity contribution in [3.05, 3.63) is 87.3 Å². The largest absolute Gasteiger partial charge is 0.285 e. The fraction of sp³-hybridized carbons (Fsp3) is 0.0952. The first-order chi connectivity index (χ1) is 13.1. The molecule has 0 radical (unpaired) electrons. The van der Waals surface area contributed by atoms with Crippen molar-refractivity contribution in [3.63, 3.8) is 0 Å². The van der Waals surface area contributed by atoms with Crippen LogP contribution in [0.3, 0.4) is 0 Å². The van der Waals surface area contributed by atoms with Crippen LogP contribution < -0.4 is 4.80 Å². The zero-order valence-electron chi connectivity index (χ0n) is 14.9. The molecule has 4 nitrogen and oxygen atoms in total. The lowest BCUT2D eigenvalue weighted by Gasteiger charge is -2.09. The molecule has 0 spiro atoms. The van der Waals surface area contributed by atoms with E-state index in [0.717, 1.165) is 33.1 Å². The first-order valence-electron chi connectivity index (χ1n) is 8.49. The first-order valence-corrected chi connectivity index (χ1v) is 9.75. The number of hydrogen-bond acceptors (Lipinski definition) is 4. The van der Waals surface area contributed by atoms with Gasteiger partial charge in [0.15, 0.2) is 4.80 Å². The highest BCUT2D eigenvalue weighted by Gasteiger charge is 2.11. The van der Waals surface area contributed by atoms with Crippen molar-refractivity contribution in [1.29, 1.82) is 0 Å². The minimum Gasteiger partial charge on any atom is -0.285 e. The maximum Gasteiger partial charge on any atom is 0.252 e. The number of benzene rings is 2. The monoisotopic (exact) mass is 392 g/mol. The van der Waals surface area contributed by atoms with Gasteiger partial charge in [-0.3, -0.25) is 4.57 Å². The highest BCUT2D eigenvalue weighted by atomic mass is 35.5. The molecule has 0 bridgehead atoms. The SMILES string of the molecule is Cc1cc(C)nc(N=c2scc(-c3ccc(Cl)cc3)n2-c2ccccc2)n1. The van der Waals surface area contributed by atoms with Gasteiger partial charge in [0.25, 0.3) is 5.95 Å². The van der Waals surface area contributed by atoms with E-state index in [1.54, 1.807) is 11.3 Å². The lowest BCUT2D eigenvalue weighted by molar-refractivity contribution is 0.969. The molecule has 2 aromatic carbocycles. The maximum atomic E-state index is 6.06. The number of para-hydroxylation sites is 1. The van der Waals surface area contributed by atoms with E-state index in [4.69, 9.17) is 16.6 Å². The van der Waals surface area contributed by atoms with E-state index in [1.165, 1.54) is 0 Å². The molecule has 134 valence electrons. The van der Waals surface area contributed by atoms with Gasteiger partial charge >= 0.3 is 0 Å². The highest BCUT2D eigenvalue weighted by Crippen LogP contribution is 2.25. The summed E-state index contributed by atoms with van der Waals surface area (Å²) >= 11 is 7.62. The predicted molar refractivity (Wildman–Crippen MR) is 111 cm³/mol. The van der Waals surface area contributed by atoms with Crippen LogP contribution in [0.2, 0.25) is 5.02 Å². The average Bonchev–Trinajstić information content (AvgIpc) is 3.05. The van der Waals surface area contributed by atoms with Gasteiger partial charge in [0, 0.05) is 27.5 Å². The van der Waals surface area contributed by atoms with E-state index in [9.17, 15) is 0 Å². The van der Waals surface area contributed by atoms with Crippen LogP contribution in [0.25, 0.3) is 16.9 Å². The standard InChI is InChI=1S/C21H17ClN4S/c1-14-12-15(2)24-20(23-14)25-21-26(18-6-4-3-5-7-18)19(13-27-21)16-8-10-17(22)11-9-16/h3-13H,1-2H3. The van der Waals surface area contributed by atoms with Crippen molar-refractivity contribution in [3.8, 4) is 16.9 Å². The van der Waals surface area contributed by atoms with Crippen LogP contribution in [0.15, 0.2) is 71.0 Å². The van der Waals surface area contributed by atoms with Gasteiger partial charge in [-0.1, -0.05) is 41.9 Å². The third-order valence-electron chi connectivity index (χ3n) is 4.03. The molecule has 6 heteroatoms. The number of aryl methyl sites for hydroxylation is 2. The highest BCUT2D eigenvalue weighted by molar-refractivity contribution is 7.07. The molecule has 27 heavy (non-hydrogen) atoms. The second-order valence-electron chi connectivity index (χ2n) is 6.14. The zero-order valence-corrected chi connectivity index (χ0v) is 16.5. The van der Waals surface area contributed by atoms with Gasteiger partial charge in [-0.05, 0) is 49.7 Å². The summed E-state index contributed by atoms with van der Waals surface area (Å²) in [7, 11) is 0. The molecular weight excluding hydrogens is 376 g/mol. The Morgan fingerprint density at radius 1 is 0.926 bits per heavy atom. The molecule has 0 fully saturated rings. The minimum atomic E-state index is 0.474. The van der Waals surface area contributed by atoms with E-state index in [-0.39, 0.29) is 0 Å². The summed E-state index contributed by atoms with van der Waals surface area (Å²) in [6.45, 7) is 3.90. The Hall–Kier alpha value is -2.76. The van der Waals surface area contributed by atoms with E-state index in [1.807, 2.05) is 62.4 Å². The Morgan fingerprint density at radius 2 is 1.59 bits per heavy atom. The smallest absolute Gasteiger partial charge is 0.252 e. The Kier molecular flexibility index (Phi) is 4.88. The van der Waals surface area contributed by atoms with Crippen molar-refractivity contribution in [2.45, 2.75) is 13.8 Å². The number of nitrogens with zero attached hydrogens (tertiary/aromatic N) is 4. The predicted octanol–water partition coefficient (Wildman–Crippen LogP) is 5.50. The number of thiazole rings is 1. The summed E-state index contributed by atoms with van der Waals surface area (Å²) in [6, 6.07) is 19.9. The quantitative estimate of drug-likeness (QED) is 0.462. The summed E-state index contributed by atoms with van der Waals surface area (Å²) in [6.07, 6.45) is 0. The van der Waals surface area contributed by atoms with Crippen molar-refractivity contribution in [1.82, 2.24) is 14.5 Å². The molecule has 2 heterocycles. The first kappa shape index (κ1) is 17.6. The van der Waals surface area contributed by atoms with Crippen molar-refractivity contribution < 1.29 is 0 Å². The summed E-state index contributed by atoms with van der Waals surface area (Å²) in [5, 5.41) is 2.81. The van der Waals surface area contributed by atoms with Crippen LogP contribution in [0, 0.1) is 13.8 Å². The molecule has 0 aliphatic carbocycles. The fourth-order valence-corrected chi connectivity index (χ4v) is 3.91. The van der Waals surface area contributed by atoms with Gasteiger partial charge in [-0.25, -0.2) is 9.97 Å². The van der Waals surface area contributed by atoms with E-state index >= 15 is 0 Å². The average molecular weight is 393 g/mol. The minimum absolute atomic E-state index is 0.474. The summed E-state index contributed by atoms with van der Waals surface area (Å²) < 4.78 is 2.12. The van der Waals surface area contributed by atoms with Gasteiger partial charge in [0.2, 0.25) is 0 Å².